The van der Waals surface area contributed by atoms with Crippen molar-refractivity contribution in [3.8, 4) is 5.88 Å². The van der Waals surface area contributed by atoms with Gasteiger partial charge in [0.25, 0.3) is 5.24 Å². The van der Waals surface area contributed by atoms with E-state index in [2.05, 4.69) is 9.97 Å². The lowest BCUT2D eigenvalue weighted by atomic mass is 10.2. The maximum absolute atomic E-state index is 10.9. The lowest BCUT2D eigenvalue weighted by Gasteiger charge is -2.10. The Morgan fingerprint density at radius 1 is 1.56 bits per heavy atom. The maximum atomic E-state index is 10.9. The molecular weight excluding hydrogens is 252 g/mol. The van der Waals surface area contributed by atoms with E-state index in [1.807, 2.05) is 18.2 Å². The van der Waals surface area contributed by atoms with E-state index in [-0.39, 0.29) is 0 Å². The summed E-state index contributed by atoms with van der Waals surface area (Å²) in [4.78, 5) is 19.4. The van der Waals surface area contributed by atoms with Gasteiger partial charge in [0.1, 0.15) is 5.03 Å². The average molecular weight is 266 g/mol. The number of thioether (sulfide) groups is 1. The predicted octanol–water partition coefficient (Wildman–Crippen LogP) is 1.78. The van der Waals surface area contributed by atoms with Crippen molar-refractivity contribution in [2.45, 2.75) is 25.3 Å². The van der Waals surface area contributed by atoms with Gasteiger partial charge < -0.3 is 10.5 Å². The molecule has 7 heteroatoms. The highest BCUT2D eigenvalue weighted by molar-refractivity contribution is 8.13. The Balaban J connectivity index is 2.61. The lowest BCUT2D eigenvalue weighted by Crippen LogP contribution is -2.03. The molecule has 0 saturated heterocycles. The third kappa shape index (κ3) is 2.13. The van der Waals surface area contributed by atoms with Gasteiger partial charge in [-0.05, 0) is 25.1 Å². The summed E-state index contributed by atoms with van der Waals surface area (Å²) in [7, 11) is 1.58. The molecule has 0 bridgehead atoms. The number of nitrogens with two attached hydrogens (primary N) is 1. The first-order chi connectivity index (χ1) is 8.56. The molecule has 0 aromatic carbocycles. The van der Waals surface area contributed by atoms with Crippen LogP contribution in [0.15, 0.2) is 11.2 Å². The second-order valence-electron chi connectivity index (χ2n) is 3.71. The molecule has 0 aliphatic carbocycles. The van der Waals surface area contributed by atoms with E-state index in [0.29, 0.717) is 16.7 Å². The Bertz CT molecular complexity index is 609. The molecule has 2 N–H and O–H groups in total. The molecule has 18 heavy (non-hydrogen) atoms. The molecule has 96 valence electrons. The predicted molar refractivity (Wildman–Crippen MR) is 69.1 cm³/mol. The number of rotatable bonds is 3. The Morgan fingerprint density at radius 3 is 2.83 bits per heavy atom. The van der Waals surface area contributed by atoms with Gasteiger partial charge in [0.15, 0.2) is 0 Å². The number of aryl methyl sites for hydroxylation is 1. The Labute approximate surface area is 109 Å². The molecule has 1 amide bonds. The first-order valence-corrected chi connectivity index (χ1v) is 6.28. The van der Waals surface area contributed by atoms with Gasteiger partial charge in [-0.2, -0.15) is 4.98 Å². The van der Waals surface area contributed by atoms with Gasteiger partial charge in [0.05, 0.1) is 7.11 Å². The van der Waals surface area contributed by atoms with E-state index in [1.54, 1.807) is 13.3 Å². The fourth-order valence-corrected chi connectivity index (χ4v) is 2.35. The van der Waals surface area contributed by atoms with Gasteiger partial charge in [0, 0.05) is 17.5 Å². The van der Waals surface area contributed by atoms with Crippen LogP contribution in [-0.2, 0) is 6.42 Å². The molecule has 0 atom stereocenters. The summed E-state index contributed by atoms with van der Waals surface area (Å²) >= 11 is 0.886. The van der Waals surface area contributed by atoms with Crippen molar-refractivity contribution in [3.05, 3.63) is 17.5 Å². The number of nitrogens with zero attached hydrogens (tertiary/aromatic N) is 3. The van der Waals surface area contributed by atoms with Crippen LogP contribution in [0.25, 0.3) is 5.78 Å². The zero-order valence-corrected chi connectivity index (χ0v) is 11.2. The number of hydrogen-bond acceptors (Lipinski definition) is 5. The maximum Gasteiger partial charge on any atom is 0.282 e. The number of hydrogen-bond donors (Lipinski definition) is 1. The van der Waals surface area contributed by atoms with E-state index < -0.39 is 5.24 Å². The highest BCUT2D eigenvalue weighted by Crippen LogP contribution is 2.24. The van der Waals surface area contributed by atoms with Crippen LogP contribution in [0.3, 0.4) is 0 Å². The van der Waals surface area contributed by atoms with Gasteiger partial charge >= 0.3 is 0 Å². The molecular formula is C11H14N4O2S. The quantitative estimate of drug-likeness (QED) is 0.856. The first kappa shape index (κ1) is 12.7. The van der Waals surface area contributed by atoms with Gasteiger partial charge in [-0.1, -0.05) is 6.92 Å². The average Bonchev–Trinajstić information content (AvgIpc) is 2.70. The van der Waals surface area contributed by atoms with Crippen LogP contribution in [0.1, 0.15) is 18.2 Å². The second-order valence-corrected chi connectivity index (χ2v) is 4.73. The third-order valence-corrected chi connectivity index (χ3v) is 3.28. The monoisotopic (exact) mass is 266 g/mol. The number of amides is 1. The Hall–Kier alpha value is -1.76. The summed E-state index contributed by atoms with van der Waals surface area (Å²) < 4.78 is 7.09. The normalized spacial score (nSPS) is 10.8. The fraction of sp³-hybridized carbons (Fsp3) is 0.364. The SMILES string of the molecule is CCc1c(OC)nc2nc(SC(N)=O)cn2c1C. The van der Waals surface area contributed by atoms with Gasteiger partial charge in [-0.3, -0.25) is 9.20 Å². The van der Waals surface area contributed by atoms with Crippen LogP contribution in [0, 0.1) is 6.92 Å². The van der Waals surface area contributed by atoms with Crippen LogP contribution in [0.5, 0.6) is 5.88 Å². The van der Waals surface area contributed by atoms with Crippen LogP contribution in [-0.4, -0.2) is 26.7 Å². The van der Waals surface area contributed by atoms with Crippen LogP contribution < -0.4 is 10.5 Å². The van der Waals surface area contributed by atoms with Crippen molar-refractivity contribution in [1.29, 1.82) is 0 Å². The molecule has 0 aliphatic heterocycles. The molecule has 0 aliphatic rings. The molecule has 0 saturated carbocycles. The molecule has 0 spiro atoms. The number of methoxy groups -OCH3 is 1. The van der Waals surface area contributed by atoms with Crippen molar-refractivity contribution in [1.82, 2.24) is 14.4 Å². The summed E-state index contributed by atoms with van der Waals surface area (Å²) in [5.74, 6) is 1.08. The van der Waals surface area contributed by atoms with Gasteiger partial charge in [-0.25, -0.2) is 4.98 Å². The summed E-state index contributed by atoms with van der Waals surface area (Å²) in [6, 6.07) is 0. The molecule has 0 unspecified atom stereocenters. The van der Waals surface area contributed by atoms with Crippen LogP contribution in [0.2, 0.25) is 0 Å². The smallest absolute Gasteiger partial charge is 0.282 e. The minimum absolute atomic E-state index is 0.487. The first-order valence-electron chi connectivity index (χ1n) is 5.46. The number of fused-ring (bicyclic) bond motifs is 1. The minimum atomic E-state index is -0.487. The van der Waals surface area contributed by atoms with Crippen LogP contribution >= 0.6 is 11.8 Å². The molecule has 0 radical (unpaired) electrons. The van der Waals surface area contributed by atoms with E-state index in [4.69, 9.17) is 10.5 Å². The van der Waals surface area contributed by atoms with E-state index in [9.17, 15) is 4.79 Å². The number of primary amides is 1. The minimum Gasteiger partial charge on any atom is -0.481 e. The molecule has 2 aromatic heterocycles. The van der Waals surface area contributed by atoms with Gasteiger partial charge in [-0.15, -0.1) is 0 Å². The summed E-state index contributed by atoms with van der Waals surface area (Å²) in [5.41, 5.74) is 7.16. The number of aromatic nitrogens is 3. The van der Waals surface area contributed by atoms with Crippen molar-refractivity contribution < 1.29 is 9.53 Å². The number of carbonyl (C=O) groups is 1. The van der Waals surface area contributed by atoms with Crippen molar-refractivity contribution in [3.63, 3.8) is 0 Å². The van der Waals surface area contributed by atoms with E-state index in [0.717, 1.165) is 29.4 Å². The third-order valence-electron chi connectivity index (χ3n) is 2.68. The van der Waals surface area contributed by atoms with E-state index in [1.165, 1.54) is 0 Å². The molecule has 0 fully saturated rings. The lowest BCUT2D eigenvalue weighted by molar-refractivity contribution is 0.267. The highest BCUT2D eigenvalue weighted by atomic mass is 32.2. The second kappa shape index (κ2) is 4.85. The van der Waals surface area contributed by atoms with Gasteiger partial charge in [0.2, 0.25) is 11.7 Å². The van der Waals surface area contributed by atoms with Crippen molar-refractivity contribution >= 4 is 22.8 Å². The molecule has 2 aromatic rings. The zero-order chi connectivity index (χ0) is 13.3. The molecule has 6 nitrogen and oxygen atoms in total. The Kier molecular flexibility index (Phi) is 3.42. The fourth-order valence-electron chi connectivity index (χ4n) is 1.86. The highest BCUT2D eigenvalue weighted by Gasteiger charge is 2.14. The number of imidazole rings is 1. The van der Waals surface area contributed by atoms with Crippen molar-refractivity contribution in [2.24, 2.45) is 5.73 Å². The summed E-state index contributed by atoms with van der Waals surface area (Å²) in [6.07, 6.45) is 2.57. The van der Waals surface area contributed by atoms with E-state index >= 15 is 0 Å². The molecule has 2 heterocycles. The largest absolute Gasteiger partial charge is 0.481 e. The summed E-state index contributed by atoms with van der Waals surface area (Å²) in [6.45, 7) is 4.00. The topological polar surface area (TPSA) is 82.5 Å². The summed E-state index contributed by atoms with van der Waals surface area (Å²) in [5, 5.41) is 0.0483. The zero-order valence-electron chi connectivity index (χ0n) is 10.4. The number of carbonyl (C=O) groups excluding carboxylic acids is 1. The molecule has 2 rings (SSSR count). The van der Waals surface area contributed by atoms with Crippen LogP contribution in [0.4, 0.5) is 4.79 Å². The number of ether oxygens (including phenoxy) is 1. The standard InChI is InChI=1S/C11H14N4O2S/c1-4-7-6(2)15-5-8(18-10(12)16)13-11(15)14-9(7)17-3/h5H,4H2,1-3H3,(H2,12,16). The Morgan fingerprint density at radius 2 is 2.28 bits per heavy atom. The van der Waals surface area contributed by atoms with Crippen molar-refractivity contribution in [2.75, 3.05) is 7.11 Å².